The Morgan fingerprint density at radius 3 is 2.45 bits per heavy atom. The summed E-state index contributed by atoms with van der Waals surface area (Å²) in [5, 5.41) is 0. The Morgan fingerprint density at radius 1 is 1.10 bits per heavy atom. The third kappa shape index (κ3) is 7.29. The topological polar surface area (TPSA) is 52.3 Å². The summed E-state index contributed by atoms with van der Waals surface area (Å²) in [7, 11) is 0. The maximum absolute atomic E-state index is 11.7. The van der Waals surface area contributed by atoms with Gasteiger partial charge in [-0.15, -0.1) is 0 Å². The van der Waals surface area contributed by atoms with Gasteiger partial charge in [0.1, 0.15) is 6.61 Å². The molecule has 0 radical (unpaired) electrons. The standard InChI is InChI=1S/C17H27NO2/c1-2-3-4-5-6-10-13-16(18)14-20-17(19)15-11-8-7-9-12-15/h7-9,11-12,16H,2-6,10,13-14,18H2,1H3. The van der Waals surface area contributed by atoms with Gasteiger partial charge in [0.15, 0.2) is 0 Å². The van der Waals surface area contributed by atoms with E-state index in [2.05, 4.69) is 6.92 Å². The number of ether oxygens (including phenoxy) is 1. The first-order valence-corrected chi connectivity index (χ1v) is 7.71. The predicted molar refractivity (Wildman–Crippen MR) is 82.7 cm³/mol. The predicted octanol–water partition coefficient (Wildman–Crippen LogP) is 3.92. The lowest BCUT2D eigenvalue weighted by Crippen LogP contribution is -2.27. The van der Waals surface area contributed by atoms with Gasteiger partial charge in [0.2, 0.25) is 0 Å². The molecule has 0 bridgehead atoms. The zero-order chi connectivity index (χ0) is 14.6. The molecule has 1 unspecified atom stereocenters. The van der Waals surface area contributed by atoms with Crippen LogP contribution in [0.15, 0.2) is 30.3 Å². The third-order valence-corrected chi connectivity index (χ3v) is 3.37. The molecular weight excluding hydrogens is 250 g/mol. The molecule has 0 saturated carbocycles. The summed E-state index contributed by atoms with van der Waals surface area (Å²) in [6.45, 7) is 2.53. The number of carbonyl (C=O) groups excluding carboxylic acids is 1. The highest BCUT2D eigenvalue weighted by Gasteiger charge is 2.09. The minimum atomic E-state index is -0.288. The van der Waals surface area contributed by atoms with Crippen molar-refractivity contribution in [1.82, 2.24) is 0 Å². The summed E-state index contributed by atoms with van der Waals surface area (Å²) in [5.74, 6) is -0.288. The molecule has 0 aliphatic carbocycles. The van der Waals surface area contributed by atoms with E-state index in [-0.39, 0.29) is 12.0 Å². The van der Waals surface area contributed by atoms with Gasteiger partial charge in [-0.05, 0) is 18.6 Å². The molecule has 1 rings (SSSR count). The Labute approximate surface area is 122 Å². The molecule has 20 heavy (non-hydrogen) atoms. The summed E-state index contributed by atoms with van der Waals surface area (Å²) in [6, 6.07) is 8.98. The number of carbonyl (C=O) groups is 1. The molecule has 0 fully saturated rings. The summed E-state index contributed by atoms with van der Waals surface area (Å²) < 4.78 is 5.22. The SMILES string of the molecule is CCCCCCCCC(N)COC(=O)c1ccccc1. The maximum atomic E-state index is 11.7. The van der Waals surface area contributed by atoms with E-state index < -0.39 is 0 Å². The second-order valence-corrected chi connectivity index (χ2v) is 5.28. The van der Waals surface area contributed by atoms with Crippen LogP contribution >= 0.6 is 0 Å². The molecule has 3 nitrogen and oxygen atoms in total. The van der Waals surface area contributed by atoms with Crippen molar-refractivity contribution in [3.8, 4) is 0 Å². The van der Waals surface area contributed by atoms with E-state index in [0.29, 0.717) is 12.2 Å². The van der Waals surface area contributed by atoms with Gasteiger partial charge in [-0.25, -0.2) is 4.79 Å². The van der Waals surface area contributed by atoms with Gasteiger partial charge in [-0.1, -0.05) is 63.6 Å². The van der Waals surface area contributed by atoms with Crippen LogP contribution in [0.3, 0.4) is 0 Å². The van der Waals surface area contributed by atoms with Crippen LogP contribution in [0, 0.1) is 0 Å². The largest absolute Gasteiger partial charge is 0.460 e. The number of nitrogens with two attached hydrogens (primary N) is 1. The Bertz CT molecular complexity index is 365. The van der Waals surface area contributed by atoms with Crippen molar-refractivity contribution in [3.05, 3.63) is 35.9 Å². The highest BCUT2D eigenvalue weighted by Crippen LogP contribution is 2.08. The summed E-state index contributed by atoms with van der Waals surface area (Å²) in [4.78, 5) is 11.7. The van der Waals surface area contributed by atoms with Crippen molar-refractivity contribution in [2.75, 3.05) is 6.61 Å². The van der Waals surface area contributed by atoms with Crippen LogP contribution in [0.1, 0.15) is 62.2 Å². The molecule has 0 aliphatic heterocycles. The lowest BCUT2D eigenvalue weighted by molar-refractivity contribution is 0.0477. The molecule has 3 heteroatoms. The summed E-state index contributed by atoms with van der Waals surface area (Å²) in [6.07, 6.45) is 8.46. The van der Waals surface area contributed by atoms with Gasteiger partial charge in [0.25, 0.3) is 0 Å². The first-order chi connectivity index (χ1) is 9.74. The maximum Gasteiger partial charge on any atom is 0.338 e. The Morgan fingerprint density at radius 2 is 1.75 bits per heavy atom. The molecule has 2 N–H and O–H groups in total. The molecule has 0 aliphatic rings. The normalized spacial score (nSPS) is 12.1. The van der Waals surface area contributed by atoms with Crippen molar-refractivity contribution in [1.29, 1.82) is 0 Å². The third-order valence-electron chi connectivity index (χ3n) is 3.37. The van der Waals surface area contributed by atoms with Crippen molar-refractivity contribution >= 4 is 5.97 Å². The van der Waals surface area contributed by atoms with E-state index >= 15 is 0 Å². The minimum Gasteiger partial charge on any atom is -0.460 e. The zero-order valence-electron chi connectivity index (χ0n) is 12.5. The van der Waals surface area contributed by atoms with Crippen LogP contribution in [-0.4, -0.2) is 18.6 Å². The fourth-order valence-electron chi connectivity index (χ4n) is 2.11. The molecule has 0 amide bonds. The monoisotopic (exact) mass is 277 g/mol. The first kappa shape index (κ1) is 16.7. The van der Waals surface area contributed by atoms with Gasteiger partial charge in [-0.3, -0.25) is 0 Å². The van der Waals surface area contributed by atoms with Crippen molar-refractivity contribution in [2.45, 2.75) is 57.9 Å². The van der Waals surface area contributed by atoms with Crippen LogP contribution in [0.4, 0.5) is 0 Å². The molecule has 0 aromatic heterocycles. The Kier molecular flexibility index (Phi) is 8.72. The molecule has 0 saturated heterocycles. The molecule has 1 aromatic rings. The van der Waals surface area contributed by atoms with Crippen molar-refractivity contribution in [3.63, 3.8) is 0 Å². The summed E-state index contributed by atoms with van der Waals surface area (Å²) in [5.41, 5.74) is 6.55. The zero-order valence-corrected chi connectivity index (χ0v) is 12.5. The van der Waals surface area contributed by atoms with E-state index in [1.54, 1.807) is 12.1 Å². The van der Waals surface area contributed by atoms with Gasteiger partial charge in [0, 0.05) is 6.04 Å². The van der Waals surface area contributed by atoms with Gasteiger partial charge in [0.05, 0.1) is 5.56 Å². The number of benzene rings is 1. The molecule has 1 atom stereocenters. The smallest absolute Gasteiger partial charge is 0.338 e. The first-order valence-electron chi connectivity index (χ1n) is 7.71. The van der Waals surface area contributed by atoms with Gasteiger partial charge < -0.3 is 10.5 Å². The minimum absolute atomic E-state index is 0.0474. The van der Waals surface area contributed by atoms with E-state index in [4.69, 9.17) is 10.5 Å². The average molecular weight is 277 g/mol. The van der Waals surface area contributed by atoms with E-state index in [0.717, 1.165) is 12.8 Å². The number of rotatable bonds is 10. The van der Waals surface area contributed by atoms with Crippen LogP contribution in [0.2, 0.25) is 0 Å². The van der Waals surface area contributed by atoms with E-state index in [1.165, 1.54) is 32.1 Å². The number of unbranched alkanes of at least 4 members (excludes halogenated alkanes) is 5. The van der Waals surface area contributed by atoms with Crippen LogP contribution < -0.4 is 5.73 Å². The van der Waals surface area contributed by atoms with Crippen molar-refractivity contribution in [2.24, 2.45) is 5.73 Å². The van der Waals surface area contributed by atoms with Crippen molar-refractivity contribution < 1.29 is 9.53 Å². The molecule has 0 heterocycles. The van der Waals surface area contributed by atoms with Crippen LogP contribution in [-0.2, 0) is 4.74 Å². The van der Waals surface area contributed by atoms with E-state index in [9.17, 15) is 4.79 Å². The van der Waals surface area contributed by atoms with E-state index in [1.807, 2.05) is 18.2 Å². The second-order valence-electron chi connectivity index (χ2n) is 5.28. The lowest BCUT2D eigenvalue weighted by atomic mass is 10.1. The van der Waals surface area contributed by atoms with Crippen LogP contribution in [0.25, 0.3) is 0 Å². The second kappa shape index (κ2) is 10.4. The lowest BCUT2D eigenvalue weighted by Gasteiger charge is -2.12. The molecule has 0 spiro atoms. The Balaban J connectivity index is 2.08. The molecular formula is C17H27NO2. The quantitative estimate of drug-likeness (QED) is 0.521. The molecule has 112 valence electrons. The van der Waals surface area contributed by atoms with Gasteiger partial charge in [-0.2, -0.15) is 0 Å². The van der Waals surface area contributed by atoms with Crippen LogP contribution in [0.5, 0.6) is 0 Å². The number of hydrogen-bond donors (Lipinski definition) is 1. The summed E-state index contributed by atoms with van der Waals surface area (Å²) >= 11 is 0. The fourth-order valence-corrected chi connectivity index (χ4v) is 2.11. The highest BCUT2D eigenvalue weighted by atomic mass is 16.5. The number of esters is 1. The Hall–Kier alpha value is -1.35. The average Bonchev–Trinajstić information content (AvgIpc) is 2.49. The van der Waals surface area contributed by atoms with Gasteiger partial charge >= 0.3 is 5.97 Å². The number of hydrogen-bond acceptors (Lipinski definition) is 3. The fraction of sp³-hybridized carbons (Fsp3) is 0.588. The molecule has 1 aromatic carbocycles. The highest BCUT2D eigenvalue weighted by molar-refractivity contribution is 5.89.